The molecule has 0 saturated carbocycles. The van der Waals surface area contributed by atoms with Crippen molar-refractivity contribution in [3.05, 3.63) is 62.0 Å². The molecule has 0 spiro atoms. The second-order valence-corrected chi connectivity index (χ2v) is 5.31. The van der Waals surface area contributed by atoms with Crippen molar-refractivity contribution in [1.29, 1.82) is 0 Å². The third-order valence-electron chi connectivity index (χ3n) is 2.43. The molecular formula is C13H8BrCl2NO. The monoisotopic (exact) mass is 343 g/mol. The molecule has 2 N–H and O–H groups in total. The zero-order valence-corrected chi connectivity index (χ0v) is 12.2. The smallest absolute Gasteiger partial charge is 0.195 e. The minimum absolute atomic E-state index is 0.200. The van der Waals surface area contributed by atoms with Gasteiger partial charge >= 0.3 is 0 Å². The van der Waals surface area contributed by atoms with E-state index in [4.69, 9.17) is 28.9 Å². The molecule has 0 amide bonds. The molecule has 0 aliphatic heterocycles. The Balaban J connectivity index is 2.51. The van der Waals surface area contributed by atoms with Crippen LogP contribution in [0.4, 0.5) is 5.69 Å². The zero-order chi connectivity index (χ0) is 13.3. The van der Waals surface area contributed by atoms with E-state index >= 15 is 0 Å². The van der Waals surface area contributed by atoms with Crippen LogP contribution in [0.15, 0.2) is 40.9 Å². The standard InChI is InChI=1S/C13H8BrCl2NO/c14-10-6-7(17)4-5-8(10)13(18)9-2-1-3-11(15)12(9)16/h1-6H,17H2. The van der Waals surface area contributed by atoms with Crippen LogP contribution < -0.4 is 5.73 Å². The summed E-state index contributed by atoms with van der Waals surface area (Å²) in [5, 5.41) is 0.613. The minimum Gasteiger partial charge on any atom is -0.399 e. The normalized spacial score (nSPS) is 10.4. The summed E-state index contributed by atoms with van der Waals surface area (Å²) in [6, 6.07) is 9.95. The summed E-state index contributed by atoms with van der Waals surface area (Å²) in [7, 11) is 0. The first-order chi connectivity index (χ1) is 8.50. The fourth-order valence-corrected chi connectivity index (χ4v) is 2.50. The van der Waals surface area contributed by atoms with E-state index in [0.29, 0.717) is 26.3 Å². The number of benzene rings is 2. The van der Waals surface area contributed by atoms with E-state index in [0.717, 1.165) is 0 Å². The third-order valence-corrected chi connectivity index (χ3v) is 3.91. The summed E-state index contributed by atoms with van der Waals surface area (Å²) in [5.41, 5.74) is 7.08. The molecule has 2 rings (SSSR count). The van der Waals surface area contributed by atoms with Gasteiger partial charge in [-0.2, -0.15) is 0 Å². The number of hydrogen-bond donors (Lipinski definition) is 1. The second kappa shape index (κ2) is 5.31. The van der Waals surface area contributed by atoms with Gasteiger partial charge in [0, 0.05) is 21.3 Å². The number of carbonyl (C=O) groups is 1. The van der Waals surface area contributed by atoms with E-state index in [1.54, 1.807) is 36.4 Å². The molecule has 2 nitrogen and oxygen atoms in total. The molecule has 0 aromatic heterocycles. The number of halogens is 3. The number of hydrogen-bond acceptors (Lipinski definition) is 2. The zero-order valence-electron chi connectivity index (χ0n) is 9.08. The first-order valence-corrected chi connectivity index (χ1v) is 6.59. The Kier molecular flexibility index (Phi) is 3.95. The topological polar surface area (TPSA) is 43.1 Å². The SMILES string of the molecule is Nc1ccc(C(=O)c2cccc(Cl)c2Cl)c(Br)c1. The van der Waals surface area contributed by atoms with E-state index in [9.17, 15) is 4.79 Å². The Hall–Kier alpha value is -1.03. The lowest BCUT2D eigenvalue weighted by atomic mass is 10.0. The van der Waals surface area contributed by atoms with Crippen LogP contribution in [0.25, 0.3) is 0 Å². The molecule has 5 heteroatoms. The summed E-state index contributed by atoms with van der Waals surface area (Å²) in [5.74, 6) is -0.200. The Bertz CT molecular complexity index is 628. The lowest BCUT2D eigenvalue weighted by Gasteiger charge is -2.07. The summed E-state index contributed by atoms with van der Waals surface area (Å²) < 4.78 is 0.628. The van der Waals surface area contributed by atoms with Crippen molar-refractivity contribution in [2.75, 3.05) is 5.73 Å². The first kappa shape index (κ1) is 13.4. The minimum atomic E-state index is -0.200. The highest BCUT2D eigenvalue weighted by molar-refractivity contribution is 9.10. The van der Waals surface area contributed by atoms with Crippen LogP contribution in [0.3, 0.4) is 0 Å². The molecule has 0 radical (unpaired) electrons. The van der Waals surface area contributed by atoms with Gasteiger partial charge in [-0.15, -0.1) is 0 Å². The van der Waals surface area contributed by atoms with Crippen LogP contribution in [0.2, 0.25) is 10.0 Å². The lowest BCUT2D eigenvalue weighted by molar-refractivity contribution is 0.103. The summed E-state index contributed by atoms with van der Waals surface area (Å²) in [6.07, 6.45) is 0. The Morgan fingerprint density at radius 3 is 2.50 bits per heavy atom. The van der Waals surface area contributed by atoms with Crippen molar-refractivity contribution in [2.24, 2.45) is 0 Å². The van der Waals surface area contributed by atoms with Gasteiger partial charge in [-0.05, 0) is 46.3 Å². The predicted molar refractivity (Wildman–Crippen MR) is 78.4 cm³/mol. The molecule has 0 aliphatic rings. The van der Waals surface area contributed by atoms with Gasteiger partial charge in [0.15, 0.2) is 5.78 Å². The molecule has 2 aromatic rings. The molecule has 0 unspecified atom stereocenters. The van der Waals surface area contributed by atoms with E-state index in [2.05, 4.69) is 15.9 Å². The van der Waals surface area contributed by atoms with Crippen molar-refractivity contribution >= 4 is 50.6 Å². The maximum absolute atomic E-state index is 12.3. The molecule has 2 aromatic carbocycles. The van der Waals surface area contributed by atoms with Crippen molar-refractivity contribution in [2.45, 2.75) is 0 Å². The van der Waals surface area contributed by atoms with Crippen molar-refractivity contribution in [1.82, 2.24) is 0 Å². The van der Waals surface area contributed by atoms with Gasteiger partial charge in [0.25, 0.3) is 0 Å². The van der Waals surface area contributed by atoms with Gasteiger partial charge in [0.2, 0.25) is 0 Å². The summed E-state index contributed by atoms with van der Waals surface area (Å²) in [4.78, 5) is 12.3. The van der Waals surface area contributed by atoms with Gasteiger partial charge in [0.1, 0.15) is 0 Å². The van der Waals surface area contributed by atoms with E-state index in [1.807, 2.05) is 0 Å². The van der Waals surface area contributed by atoms with E-state index in [-0.39, 0.29) is 10.8 Å². The summed E-state index contributed by atoms with van der Waals surface area (Å²) in [6.45, 7) is 0. The Labute approximate surface area is 123 Å². The largest absolute Gasteiger partial charge is 0.399 e. The third kappa shape index (κ3) is 2.53. The molecule has 0 heterocycles. The predicted octanol–water partition coefficient (Wildman–Crippen LogP) is 4.57. The average molecular weight is 345 g/mol. The molecule has 0 atom stereocenters. The number of nitrogens with two attached hydrogens (primary N) is 1. The Morgan fingerprint density at radius 2 is 1.83 bits per heavy atom. The average Bonchev–Trinajstić information content (AvgIpc) is 2.32. The van der Waals surface area contributed by atoms with Gasteiger partial charge in [-0.3, -0.25) is 4.79 Å². The molecular weight excluding hydrogens is 337 g/mol. The number of ketones is 1. The number of anilines is 1. The maximum Gasteiger partial charge on any atom is 0.195 e. The van der Waals surface area contributed by atoms with Crippen LogP contribution >= 0.6 is 39.1 Å². The van der Waals surface area contributed by atoms with Crippen LogP contribution in [-0.4, -0.2) is 5.78 Å². The number of carbonyl (C=O) groups excluding carboxylic acids is 1. The maximum atomic E-state index is 12.3. The van der Waals surface area contributed by atoms with Gasteiger partial charge in [-0.25, -0.2) is 0 Å². The summed E-state index contributed by atoms with van der Waals surface area (Å²) >= 11 is 15.2. The number of rotatable bonds is 2. The highest BCUT2D eigenvalue weighted by Crippen LogP contribution is 2.29. The van der Waals surface area contributed by atoms with Crippen molar-refractivity contribution < 1.29 is 4.79 Å². The molecule has 0 saturated heterocycles. The quantitative estimate of drug-likeness (QED) is 0.640. The van der Waals surface area contributed by atoms with Crippen LogP contribution in [0, 0.1) is 0 Å². The van der Waals surface area contributed by atoms with Crippen molar-refractivity contribution in [3.8, 4) is 0 Å². The van der Waals surface area contributed by atoms with E-state index in [1.165, 1.54) is 0 Å². The van der Waals surface area contributed by atoms with Crippen LogP contribution in [-0.2, 0) is 0 Å². The fourth-order valence-electron chi connectivity index (χ4n) is 1.54. The highest BCUT2D eigenvalue weighted by Gasteiger charge is 2.17. The Morgan fingerprint density at radius 1 is 1.11 bits per heavy atom. The fraction of sp³-hybridized carbons (Fsp3) is 0. The first-order valence-electron chi connectivity index (χ1n) is 5.04. The molecule has 0 aliphatic carbocycles. The van der Waals surface area contributed by atoms with Crippen molar-refractivity contribution in [3.63, 3.8) is 0 Å². The van der Waals surface area contributed by atoms with Crippen LogP contribution in [0.1, 0.15) is 15.9 Å². The molecule has 0 fully saturated rings. The van der Waals surface area contributed by atoms with Gasteiger partial charge in [0.05, 0.1) is 10.0 Å². The molecule has 92 valence electrons. The van der Waals surface area contributed by atoms with E-state index < -0.39 is 0 Å². The van der Waals surface area contributed by atoms with Gasteiger partial charge in [-0.1, -0.05) is 29.3 Å². The van der Waals surface area contributed by atoms with Gasteiger partial charge < -0.3 is 5.73 Å². The highest BCUT2D eigenvalue weighted by atomic mass is 79.9. The molecule has 18 heavy (non-hydrogen) atoms. The molecule has 0 bridgehead atoms. The van der Waals surface area contributed by atoms with Crippen LogP contribution in [0.5, 0.6) is 0 Å². The number of nitrogen functional groups attached to an aromatic ring is 1. The lowest BCUT2D eigenvalue weighted by Crippen LogP contribution is -2.04. The second-order valence-electron chi connectivity index (χ2n) is 3.67.